The second kappa shape index (κ2) is 9.54. The Morgan fingerprint density at radius 1 is 0.872 bits per heavy atom. The summed E-state index contributed by atoms with van der Waals surface area (Å²) in [5, 5.41) is 2.03. The minimum atomic E-state index is -2.90. The minimum absolute atomic E-state index is 0.0710. The number of rotatable bonds is 6. The molecule has 0 saturated heterocycles. The molecule has 0 bridgehead atoms. The zero-order valence-corrected chi connectivity index (χ0v) is 21.3. The van der Waals surface area contributed by atoms with E-state index in [2.05, 4.69) is 34.0 Å². The molecular formula is C31H25F2N3O3. The number of alkyl halides is 2. The normalized spacial score (nSPS) is 16.9. The summed E-state index contributed by atoms with van der Waals surface area (Å²) in [6.07, 6.45) is 0. The number of nitrogens with two attached hydrogens (primary N) is 1. The smallest absolute Gasteiger partial charge is 0.387 e. The summed E-state index contributed by atoms with van der Waals surface area (Å²) >= 11 is 0. The number of aliphatic imine (C=N–C) groups is 1. The highest BCUT2D eigenvalue weighted by Gasteiger charge is 2.40. The molecule has 0 radical (unpaired) electrons. The van der Waals surface area contributed by atoms with Crippen LogP contribution >= 0.6 is 0 Å². The average molecular weight is 526 g/mol. The standard InChI is InChI=1S/C31H25F2N3O3/c1-18-13-24(11-12-26(18)39-29(32)33)31(17-38-30(34)36-31)23-7-3-5-19(15-23)20-9-10-21-14-22-6-4-8-27(37-2)28(22)35-25(21)16-20/h3-16,29H,17H2,1-2H3,(H2,34,36). The highest BCUT2D eigenvalue weighted by atomic mass is 19.3. The number of ether oxygens (including phenoxy) is 3. The van der Waals surface area contributed by atoms with Crippen LogP contribution in [0.25, 0.3) is 32.9 Å². The number of hydrogen-bond donors (Lipinski definition) is 1. The molecular weight excluding hydrogens is 500 g/mol. The van der Waals surface area contributed by atoms with Crippen molar-refractivity contribution in [1.29, 1.82) is 0 Å². The molecule has 4 aromatic carbocycles. The van der Waals surface area contributed by atoms with Crippen LogP contribution in [0, 0.1) is 6.92 Å². The third-order valence-electron chi connectivity index (χ3n) is 7.10. The van der Waals surface area contributed by atoms with E-state index < -0.39 is 12.2 Å². The van der Waals surface area contributed by atoms with Crippen LogP contribution in [0.1, 0.15) is 16.7 Å². The first-order valence-electron chi connectivity index (χ1n) is 12.4. The lowest BCUT2D eigenvalue weighted by Gasteiger charge is -2.26. The van der Waals surface area contributed by atoms with Gasteiger partial charge in [-0.15, -0.1) is 0 Å². The van der Waals surface area contributed by atoms with Crippen molar-refractivity contribution >= 4 is 27.8 Å². The van der Waals surface area contributed by atoms with E-state index >= 15 is 0 Å². The van der Waals surface area contributed by atoms with Crippen molar-refractivity contribution in [3.63, 3.8) is 0 Å². The minimum Gasteiger partial charge on any atom is -0.494 e. The molecule has 0 fully saturated rings. The van der Waals surface area contributed by atoms with E-state index in [0.717, 1.165) is 49.8 Å². The largest absolute Gasteiger partial charge is 0.494 e. The fourth-order valence-electron chi connectivity index (χ4n) is 5.15. The van der Waals surface area contributed by atoms with Crippen molar-refractivity contribution in [3.8, 4) is 22.6 Å². The maximum absolute atomic E-state index is 12.8. The summed E-state index contributed by atoms with van der Waals surface area (Å²) in [5.74, 6) is 0.835. The molecule has 2 heterocycles. The van der Waals surface area contributed by atoms with E-state index in [1.54, 1.807) is 26.2 Å². The van der Waals surface area contributed by atoms with Gasteiger partial charge in [-0.25, -0.2) is 9.98 Å². The average Bonchev–Trinajstić information content (AvgIpc) is 3.35. The van der Waals surface area contributed by atoms with E-state index in [-0.39, 0.29) is 18.4 Å². The molecule has 1 unspecified atom stereocenters. The number of benzene rings is 4. The van der Waals surface area contributed by atoms with Gasteiger partial charge in [-0.2, -0.15) is 8.78 Å². The van der Waals surface area contributed by atoms with E-state index in [1.165, 1.54) is 6.07 Å². The van der Waals surface area contributed by atoms with Gasteiger partial charge in [0, 0.05) is 10.8 Å². The number of para-hydroxylation sites is 1. The second-order valence-corrected chi connectivity index (χ2v) is 9.47. The number of halogens is 2. The van der Waals surface area contributed by atoms with Gasteiger partial charge in [0.15, 0.2) is 5.54 Å². The number of pyridine rings is 1. The lowest BCUT2D eigenvalue weighted by atomic mass is 9.82. The van der Waals surface area contributed by atoms with Gasteiger partial charge in [0.25, 0.3) is 6.02 Å². The number of aromatic nitrogens is 1. The van der Waals surface area contributed by atoms with Gasteiger partial charge in [0.1, 0.15) is 23.6 Å². The van der Waals surface area contributed by atoms with Crippen LogP contribution in [0.3, 0.4) is 0 Å². The first-order chi connectivity index (χ1) is 18.9. The maximum Gasteiger partial charge on any atom is 0.387 e. The molecule has 5 aromatic rings. The third kappa shape index (κ3) is 4.37. The summed E-state index contributed by atoms with van der Waals surface area (Å²) in [6.45, 7) is -1.00. The molecule has 1 aliphatic heterocycles. The molecule has 196 valence electrons. The maximum atomic E-state index is 12.8. The molecule has 1 aliphatic rings. The number of aryl methyl sites for hydroxylation is 1. The topological polar surface area (TPSA) is 79.0 Å². The van der Waals surface area contributed by atoms with Crippen molar-refractivity contribution in [1.82, 2.24) is 4.98 Å². The van der Waals surface area contributed by atoms with Gasteiger partial charge in [-0.05, 0) is 71.1 Å². The van der Waals surface area contributed by atoms with Crippen LogP contribution in [-0.4, -0.2) is 31.3 Å². The lowest BCUT2D eigenvalue weighted by Crippen LogP contribution is -2.27. The fourth-order valence-corrected chi connectivity index (χ4v) is 5.15. The van der Waals surface area contributed by atoms with Gasteiger partial charge in [-0.1, -0.05) is 48.5 Å². The Bertz CT molecular complexity index is 1760. The fraction of sp³-hybridized carbons (Fsp3) is 0.161. The Labute approximate surface area is 223 Å². The molecule has 8 heteroatoms. The molecule has 6 nitrogen and oxygen atoms in total. The van der Waals surface area contributed by atoms with Crippen LogP contribution in [0.15, 0.2) is 89.9 Å². The van der Waals surface area contributed by atoms with Crippen molar-refractivity contribution in [2.24, 2.45) is 10.7 Å². The highest BCUT2D eigenvalue weighted by Crippen LogP contribution is 2.41. The summed E-state index contributed by atoms with van der Waals surface area (Å²) < 4.78 is 41.4. The second-order valence-electron chi connectivity index (χ2n) is 9.47. The molecule has 0 aliphatic carbocycles. The molecule has 0 amide bonds. The Morgan fingerprint density at radius 3 is 2.41 bits per heavy atom. The molecule has 0 spiro atoms. The quantitative estimate of drug-likeness (QED) is 0.254. The number of amidine groups is 1. The Hall–Kier alpha value is -4.72. The zero-order chi connectivity index (χ0) is 27.1. The SMILES string of the molecule is COc1cccc2cc3ccc(-c4cccc(C5(c6ccc(OC(F)F)c(C)c6)COC(N)=N5)c4)cc3nc12. The van der Waals surface area contributed by atoms with Crippen molar-refractivity contribution in [2.45, 2.75) is 19.1 Å². The predicted molar refractivity (Wildman–Crippen MR) is 147 cm³/mol. The summed E-state index contributed by atoms with van der Waals surface area (Å²) in [6, 6.07) is 27.2. The number of fused-ring (bicyclic) bond motifs is 2. The van der Waals surface area contributed by atoms with E-state index in [4.69, 9.17) is 20.2 Å². The molecule has 1 atom stereocenters. The molecule has 6 rings (SSSR count). The third-order valence-corrected chi connectivity index (χ3v) is 7.10. The van der Waals surface area contributed by atoms with E-state index in [1.807, 2.05) is 42.5 Å². The predicted octanol–water partition coefficient (Wildman–Crippen LogP) is 6.56. The van der Waals surface area contributed by atoms with Crippen LogP contribution in [0.4, 0.5) is 8.78 Å². The van der Waals surface area contributed by atoms with Gasteiger partial charge in [0.05, 0.1) is 12.6 Å². The molecule has 1 aromatic heterocycles. The lowest BCUT2D eigenvalue weighted by molar-refractivity contribution is -0.0503. The van der Waals surface area contributed by atoms with Gasteiger partial charge >= 0.3 is 6.61 Å². The van der Waals surface area contributed by atoms with E-state index in [0.29, 0.717) is 5.56 Å². The summed E-state index contributed by atoms with van der Waals surface area (Å²) in [4.78, 5) is 9.58. The van der Waals surface area contributed by atoms with Crippen LogP contribution < -0.4 is 15.2 Å². The van der Waals surface area contributed by atoms with Gasteiger partial charge in [0.2, 0.25) is 0 Å². The number of nitrogens with zero attached hydrogens (tertiary/aromatic N) is 2. The first kappa shape index (κ1) is 24.6. The highest BCUT2D eigenvalue weighted by molar-refractivity contribution is 5.96. The number of methoxy groups -OCH3 is 1. The zero-order valence-electron chi connectivity index (χ0n) is 21.3. The first-order valence-corrected chi connectivity index (χ1v) is 12.4. The van der Waals surface area contributed by atoms with Crippen molar-refractivity contribution in [2.75, 3.05) is 13.7 Å². The Balaban J connectivity index is 1.44. The van der Waals surface area contributed by atoms with Crippen molar-refractivity contribution in [3.05, 3.63) is 102 Å². The number of hydrogen-bond acceptors (Lipinski definition) is 6. The van der Waals surface area contributed by atoms with Gasteiger partial charge < -0.3 is 19.9 Å². The Morgan fingerprint density at radius 2 is 1.67 bits per heavy atom. The molecule has 0 saturated carbocycles. The summed E-state index contributed by atoms with van der Waals surface area (Å²) in [7, 11) is 1.64. The summed E-state index contributed by atoms with van der Waals surface area (Å²) in [5.41, 5.74) is 10.8. The van der Waals surface area contributed by atoms with Crippen LogP contribution in [-0.2, 0) is 10.3 Å². The Kier molecular flexibility index (Phi) is 6.02. The van der Waals surface area contributed by atoms with Crippen LogP contribution in [0.5, 0.6) is 11.5 Å². The molecule has 39 heavy (non-hydrogen) atoms. The van der Waals surface area contributed by atoms with E-state index in [9.17, 15) is 8.78 Å². The van der Waals surface area contributed by atoms with Gasteiger partial charge in [-0.3, -0.25) is 0 Å². The monoisotopic (exact) mass is 525 g/mol. The molecule has 2 N–H and O–H groups in total. The van der Waals surface area contributed by atoms with Crippen LogP contribution in [0.2, 0.25) is 0 Å². The van der Waals surface area contributed by atoms with Crippen molar-refractivity contribution < 1.29 is 23.0 Å².